The molecule has 1 aliphatic heterocycles. The van der Waals surface area contributed by atoms with E-state index in [0.717, 1.165) is 23.3 Å². The Kier molecular flexibility index (Phi) is 7.31. The van der Waals surface area contributed by atoms with Crippen LogP contribution in [0.5, 0.6) is 0 Å². The molecule has 0 aliphatic carbocycles. The lowest BCUT2D eigenvalue weighted by Gasteiger charge is -2.36. The molecular formula is C28H31FN8O2. The van der Waals surface area contributed by atoms with Crippen LogP contribution in [0.4, 0.5) is 38.0 Å². The first-order valence-electron chi connectivity index (χ1n) is 12.7. The van der Waals surface area contributed by atoms with Gasteiger partial charge in [-0.1, -0.05) is 18.2 Å². The average Bonchev–Trinajstić information content (AvgIpc) is 3.38. The quantitative estimate of drug-likeness (QED) is 0.344. The number of carbonyl (C=O) groups excluding carboxylic acids is 1. The first kappa shape index (κ1) is 26.0. The number of nitrogens with one attached hydrogen (secondary N) is 2. The summed E-state index contributed by atoms with van der Waals surface area (Å²) in [6, 6.07) is 19.0. The van der Waals surface area contributed by atoms with E-state index in [1.807, 2.05) is 75.4 Å². The van der Waals surface area contributed by atoms with Crippen LogP contribution in [0.25, 0.3) is 5.69 Å². The minimum atomic E-state index is -0.516. The van der Waals surface area contributed by atoms with Gasteiger partial charge in [-0.05, 0) is 57.2 Å². The Morgan fingerprint density at radius 3 is 2.31 bits per heavy atom. The number of aromatic nitrogens is 4. The first-order valence-corrected chi connectivity index (χ1v) is 12.7. The third-order valence-electron chi connectivity index (χ3n) is 6.04. The topological polar surface area (TPSA) is 100 Å². The van der Waals surface area contributed by atoms with E-state index < -0.39 is 11.4 Å². The van der Waals surface area contributed by atoms with Crippen LogP contribution in [0.15, 0.2) is 73.2 Å². The summed E-state index contributed by atoms with van der Waals surface area (Å²) in [6.45, 7) is 8.24. The van der Waals surface area contributed by atoms with Crippen molar-refractivity contribution < 1.29 is 13.9 Å². The summed E-state index contributed by atoms with van der Waals surface area (Å²) in [6.07, 6.45) is 2.33. The van der Waals surface area contributed by atoms with Crippen molar-refractivity contribution in [3.63, 3.8) is 0 Å². The van der Waals surface area contributed by atoms with E-state index in [1.54, 1.807) is 11.0 Å². The summed E-state index contributed by atoms with van der Waals surface area (Å²) in [5, 5.41) is 10.7. The zero-order valence-corrected chi connectivity index (χ0v) is 22.1. The average molecular weight is 531 g/mol. The molecule has 5 rings (SSSR count). The minimum Gasteiger partial charge on any atom is -0.444 e. The Bertz CT molecular complexity index is 1410. The third kappa shape index (κ3) is 6.61. The molecule has 0 radical (unpaired) electrons. The number of ether oxygens (including phenoxy) is 1. The highest BCUT2D eigenvalue weighted by atomic mass is 19.1. The van der Waals surface area contributed by atoms with Crippen molar-refractivity contribution >= 4 is 34.9 Å². The second-order valence-corrected chi connectivity index (χ2v) is 10.2. The van der Waals surface area contributed by atoms with Gasteiger partial charge < -0.3 is 25.2 Å². The SMILES string of the molecule is CC(C)(C)OC(=O)N1CCN(c2ccc(Nc3cc(-n4cnc(Nc5ccccc5)n4)c(F)cn3)cc2)CC1. The van der Waals surface area contributed by atoms with Crippen LogP contribution in [0.1, 0.15) is 20.8 Å². The van der Waals surface area contributed by atoms with E-state index >= 15 is 0 Å². The number of halogens is 1. The molecule has 0 atom stereocenters. The number of amides is 1. The Hall–Kier alpha value is -4.67. The fourth-order valence-electron chi connectivity index (χ4n) is 4.14. The molecule has 1 fully saturated rings. The molecule has 1 aliphatic rings. The molecule has 0 unspecified atom stereocenters. The number of carbonyl (C=O) groups is 1. The normalized spacial score (nSPS) is 13.7. The second-order valence-electron chi connectivity index (χ2n) is 10.2. The van der Waals surface area contributed by atoms with Gasteiger partial charge in [0, 0.05) is 49.3 Å². The van der Waals surface area contributed by atoms with E-state index in [-0.39, 0.29) is 11.8 Å². The lowest BCUT2D eigenvalue weighted by Crippen LogP contribution is -2.50. The standard InChI is InChI=1S/C28H31FN8O2/c1-28(2,3)39-27(38)36-15-13-35(14-16-36)22-11-9-21(10-12-22)32-25-17-24(23(29)18-30-25)37-19-31-26(34-37)33-20-7-5-4-6-8-20/h4-12,17-19H,13-16H2,1-3H3,(H,30,32)(H,33,34). The number of anilines is 5. The molecule has 1 amide bonds. The molecule has 2 aromatic heterocycles. The van der Waals surface area contributed by atoms with Gasteiger partial charge in [-0.25, -0.2) is 18.9 Å². The summed E-state index contributed by atoms with van der Waals surface area (Å²) in [7, 11) is 0. The number of para-hydroxylation sites is 1. The number of nitrogens with zero attached hydrogens (tertiary/aromatic N) is 6. The first-order chi connectivity index (χ1) is 18.7. The minimum absolute atomic E-state index is 0.223. The highest BCUT2D eigenvalue weighted by Gasteiger charge is 2.26. The van der Waals surface area contributed by atoms with Crippen LogP contribution < -0.4 is 15.5 Å². The Labute approximate surface area is 226 Å². The number of rotatable bonds is 6. The van der Waals surface area contributed by atoms with Crippen LogP contribution in [0.2, 0.25) is 0 Å². The van der Waals surface area contributed by atoms with Crippen molar-refractivity contribution in [1.29, 1.82) is 0 Å². The molecule has 4 aromatic rings. The number of hydrogen-bond donors (Lipinski definition) is 2. The molecule has 0 spiro atoms. The van der Waals surface area contributed by atoms with Crippen molar-refractivity contribution in [1.82, 2.24) is 24.6 Å². The number of pyridine rings is 1. The maximum absolute atomic E-state index is 14.6. The van der Waals surface area contributed by atoms with Gasteiger partial charge in [-0.15, -0.1) is 5.10 Å². The van der Waals surface area contributed by atoms with Gasteiger partial charge in [0.1, 0.15) is 23.4 Å². The fraction of sp³-hybridized carbons (Fsp3) is 0.286. The maximum Gasteiger partial charge on any atom is 0.410 e. The van der Waals surface area contributed by atoms with E-state index in [2.05, 4.69) is 30.6 Å². The van der Waals surface area contributed by atoms with Gasteiger partial charge in [0.25, 0.3) is 0 Å². The highest BCUT2D eigenvalue weighted by molar-refractivity contribution is 5.69. The smallest absolute Gasteiger partial charge is 0.410 e. The molecule has 0 saturated carbocycles. The Balaban J connectivity index is 1.20. The van der Waals surface area contributed by atoms with Gasteiger partial charge in [-0.3, -0.25) is 0 Å². The molecule has 1 saturated heterocycles. The summed E-state index contributed by atoms with van der Waals surface area (Å²) in [4.78, 5) is 24.7. The van der Waals surface area contributed by atoms with Crippen LogP contribution >= 0.6 is 0 Å². The zero-order chi connectivity index (χ0) is 27.4. The van der Waals surface area contributed by atoms with Crippen molar-refractivity contribution in [3.05, 3.63) is 79.0 Å². The van der Waals surface area contributed by atoms with Crippen LogP contribution in [-0.4, -0.2) is 62.5 Å². The van der Waals surface area contributed by atoms with E-state index in [0.29, 0.717) is 37.9 Å². The molecule has 3 heterocycles. The monoisotopic (exact) mass is 530 g/mol. The van der Waals surface area contributed by atoms with E-state index in [9.17, 15) is 9.18 Å². The highest BCUT2D eigenvalue weighted by Crippen LogP contribution is 2.24. The summed E-state index contributed by atoms with van der Waals surface area (Å²) in [5.74, 6) is 0.310. The van der Waals surface area contributed by atoms with E-state index in [4.69, 9.17) is 4.74 Å². The van der Waals surface area contributed by atoms with Gasteiger partial charge in [0.05, 0.1) is 6.20 Å². The van der Waals surface area contributed by atoms with Gasteiger partial charge in [-0.2, -0.15) is 4.98 Å². The summed E-state index contributed by atoms with van der Waals surface area (Å²) >= 11 is 0. The van der Waals surface area contributed by atoms with Crippen LogP contribution in [0, 0.1) is 5.82 Å². The van der Waals surface area contributed by atoms with Crippen molar-refractivity contribution in [2.75, 3.05) is 41.7 Å². The van der Waals surface area contributed by atoms with E-state index in [1.165, 1.54) is 11.0 Å². The summed E-state index contributed by atoms with van der Waals surface area (Å²) < 4.78 is 21.5. The fourth-order valence-corrected chi connectivity index (χ4v) is 4.14. The molecule has 11 heteroatoms. The van der Waals surface area contributed by atoms with Gasteiger partial charge in [0.2, 0.25) is 5.95 Å². The summed E-state index contributed by atoms with van der Waals surface area (Å²) in [5.41, 5.74) is 2.41. The predicted molar refractivity (Wildman–Crippen MR) is 149 cm³/mol. The van der Waals surface area contributed by atoms with Crippen molar-refractivity contribution in [3.8, 4) is 5.69 Å². The Morgan fingerprint density at radius 2 is 1.62 bits per heavy atom. The molecule has 39 heavy (non-hydrogen) atoms. The number of piperazine rings is 1. The lowest BCUT2D eigenvalue weighted by atomic mass is 10.2. The molecule has 202 valence electrons. The molecule has 0 bridgehead atoms. The molecule has 2 aromatic carbocycles. The maximum atomic E-state index is 14.6. The van der Waals surface area contributed by atoms with Crippen molar-refractivity contribution in [2.45, 2.75) is 26.4 Å². The van der Waals surface area contributed by atoms with Gasteiger partial charge >= 0.3 is 6.09 Å². The molecular weight excluding hydrogens is 499 g/mol. The number of benzene rings is 2. The van der Waals surface area contributed by atoms with Crippen molar-refractivity contribution in [2.24, 2.45) is 0 Å². The Morgan fingerprint density at radius 1 is 0.923 bits per heavy atom. The lowest BCUT2D eigenvalue weighted by molar-refractivity contribution is 0.0240. The third-order valence-corrected chi connectivity index (χ3v) is 6.04. The molecule has 10 nitrogen and oxygen atoms in total. The van der Waals surface area contributed by atoms with Gasteiger partial charge in [0.15, 0.2) is 5.82 Å². The second kappa shape index (κ2) is 11.0. The molecule has 2 N–H and O–H groups in total. The predicted octanol–water partition coefficient (Wildman–Crippen LogP) is 5.35. The number of hydrogen-bond acceptors (Lipinski definition) is 8. The largest absolute Gasteiger partial charge is 0.444 e. The van der Waals surface area contributed by atoms with Crippen LogP contribution in [0.3, 0.4) is 0 Å². The zero-order valence-electron chi connectivity index (χ0n) is 22.1. The van der Waals surface area contributed by atoms with Crippen LogP contribution in [-0.2, 0) is 4.74 Å².